The first-order chi connectivity index (χ1) is 1.73. The summed E-state index contributed by atoms with van der Waals surface area (Å²) in [4.78, 5) is 0. The van der Waals surface area contributed by atoms with Crippen molar-refractivity contribution >= 4 is 0 Å². The fourth-order valence-electron chi connectivity index (χ4n) is 0. The first-order valence-electron chi connectivity index (χ1n) is 1.49. The molecule has 22 valence electrons. The van der Waals surface area contributed by atoms with Crippen LogP contribution in [0.5, 0.6) is 0 Å². The van der Waals surface area contributed by atoms with Crippen LogP contribution in [0.25, 0.3) is 0 Å². The van der Waals surface area contributed by atoms with Gasteiger partial charge in [-0.2, -0.15) is 0 Å². The van der Waals surface area contributed by atoms with Crippen LogP contribution in [0.15, 0.2) is 0 Å². The van der Waals surface area contributed by atoms with Crippen LogP contribution in [0.4, 0.5) is 0 Å². The third kappa shape index (κ3) is 11.3. The Labute approximate surface area is 47.4 Å². The van der Waals surface area contributed by atoms with E-state index in [0.717, 1.165) is 2.73 Å². The summed E-state index contributed by atoms with van der Waals surface area (Å²) < 4.78 is 0.963. The Morgan fingerprint density at radius 3 is 1.50 bits per heavy atom. The zero-order valence-electron chi connectivity index (χ0n) is 3.15. The van der Waals surface area contributed by atoms with E-state index in [4.69, 9.17) is 0 Å². The Balaban J connectivity index is 2.32. The van der Waals surface area contributed by atoms with E-state index >= 15 is 0 Å². The SMILES string of the molecule is C[CH](C)[Y]. The van der Waals surface area contributed by atoms with Gasteiger partial charge in [0.05, 0.1) is 0 Å². The van der Waals surface area contributed by atoms with E-state index in [-0.39, 0.29) is 0 Å². The van der Waals surface area contributed by atoms with Crippen LogP contribution < -0.4 is 0 Å². The van der Waals surface area contributed by atoms with Crippen molar-refractivity contribution < 1.29 is 31.0 Å². The molecule has 0 saturated carbocycles. The molecular weight excluding hydrogens is 125 g/mol. The van der Waals surface area contributed by atoms with Gasteiger partial charge in [0.15, 0.2) is 0 Å². The van der Waals surface area contributed by atoms with Crippen molar-refractivity contribution in [1.29, 1.82) is 0 Å². The van der Waals surface area contributed by atoms with Crippen LogP contribution in [-0.4, -0.2) is 0 Å². The number of hydrogen-bond acceptors (Lipinski definition) is 0. The summed E-state index contributed by atoms with van der Waals surface area (Å²) in [6.07, 6.45) is 0. The van der Waals surface area contributed by atoms with Crippen LogP contribution in [0.3, 0.4) is 0 Å². The maximum absolute atomic E-state index is 2.22. The molecular formula is C3H7Y. The minimum atomic E-state index is 0.963. The summed E-state index contributed by atoms with van der Waals surface area (Å²) in [7, 11) is 0. The molecule has 0 aromatic rings. The molecule has 0 unspecified atom stereocenters. The molecule has 0 aliphatic carbocycles. The minimum absolute atomic E-state index is 0.963. The molecule has 0 bridgehead atoms. The van der Waals surface area contributed by atoms with Crippen molar-refractivity contribution in [1.82, 2.24) is 0 Å². The van der Waals surface area contributed by atoms with Crippen LogP contribution in [0.2, 0.25) is 2.73 Å². The zero-order valence-corrected chi connectivity index (χ0v) is 5.99. The Bertz CT molecular complexity index is 8.00. The van der Waals surface area contributed by atoms with Crippen molar-refractivity contribution in [2.24, 2.45) is 0 Å². The standard InChI is InChI=1S/C3H7.Y/c1-3-2;/h3H,1-2H3;. The van der Waals surface area contributed by atoms with Crippen LogP contribution in [-0.2, 0) is 31.0 Å². The number of hydrogen-bond donors (Lipinski definition) is 0. The van der Waals surface area contributed by atoms with Crippen molar-refractivity contribution in [2.75, 3.05) is 0 Å². The topological polar surface area (TPSA) is 0 Å². The predicted molar refractivity (Wildman–Crippen MR) is 15.1 cm³/mol. The Hall–Kier alpha value is 1.10. The van der Waals surface area contributed by atoms with E-state index in [9.17, 15) is 0 Å². The molecule has 0 aliphatic heterocycles. The number of rotatable bonds is 0. The van der Waals surface area contributed by atoms with Crippen molar-refractivity contribution in [3.8, 4) is 0 Å². The first-order valence-corrected chi connectivity index (χ1v) is 3.13. The van der Waals surface area contributed by atoms with Gasteiger partial charge in [-0.05, 0) is 0 Å². The molecule has 0 N–H and O–H groups in total. The molecule has 0 spiro atoms. The van der Waals surface area contributed by atoms with Gasteiger partial charge in [-0.25, -0.2) is 0 Å². The molecule has 0 amide bonds. The fourth-order valence-corrected chi connectivity index (χ4v) is 0. The molecule has 0 fully saturated rings. The molecule has 0 aromatic heterocycles. The Kier molecular flexibility index (Phi) is 3.00. The van der Waals surface area contributed by atoms with Gasteiger partial charge in [-0.15, -0.1) is 0 Å². The molecule has 0 saturated heterocycles. The van der Waals surface area contributed by atoms with Crippen LogP contribution >= 0.6 is 0 Å². The Morgan fingerprint density at radius 2 is 1.50 bits per heavy atom. The molecule has 4 heavy (non-hydrogen) atoms. The molecule has 0 aliphatic rings. The van der Waals surface area contributed by atoms with E-state index in [1.165, 1.54) is 31.0 Å². The fraction of sp³-hybridized carbons (Fsp3) is 1.00. The second-order valence-corrected chi connectivity index (χ2v) is 4.52. The Morgan fingerprint density at radius 1 is 1.50 bits per heavy atom. The quantitative estimate of drug-likeness (QED) is 0.466. The van der Waals surface area contributed by atoms with Gasteiger partial charge >= 0.3 is 47.5 Å². The summed E-state index contributed by atoms with van der Waals surface area (Å²) in [5.74, 6) is 0. The molecule has 0 radical (unpaired) electrons. The predicted octanol–water partition coefficient (Wildman–Crippen LogP) is 1.36. The van der Waals surface area contributed by atoms with Gasteiger partial charge in [-0.1, -0.05) is 0 Å². The molecule has 0 aromatic carbocycles. The normalized spacial score (nSPS) is 8.50. The van der Waals surface area contributed by atoms with E-state index in [2.05, 4.69) is 13.8 Å². The van der Waals surface area contributed by atoms with Crippen LogP contribution in [0.1, 0.15) is 13.8 Å². The summed E-state index contributed by atoms with van der Waals surface area (Å²) in [6.45, 7) is 4.45. The van der Waals surface area contributed by atoms with Crippen LogP contribution in [0, 0.1) is 0 Å². The molecule has 0 heterocycles. The molecule has 0 rings (SSSR count). The molecule has 1 heteroatoms. The third-order valence-electron chi connectivity index (χ3n) is 0. The van der Waals surface area contributed by atoms with Gasteiger partial charge in [0, 0.05) is 0 Å². The van der Waals surface area contributed by atoms with Gasteiger partial charge in [0.2, 0.25) is 0 Å². The van der Waals surface area contributed by atoms with Gasteiger partial charge < -0.3 is 0 Å². The average molecular weight is 132 g/mol. The summed E-state index contributed by atoms with van der Waals surface area (Å²) in [5, 5.41) is 0. The summed E-state index contributed by atoms with van der Waals surface area (Å²) in [5.41, 5.74) is 0. The summed E-state index contributed by atoms with van der Waals surface area (Å²) >= 11 is 1.40. The third-order valence-corrected chi connectivity index (χ3v) is 0. The van der Waals surface area contributed by atoms with Gasteiger partial charge in [0.25, 0.3) is 0 Å². The van der Waals surface area contributed by atoms with Crippen molar-refractivity contribution in [3.05, 3.63) is 0 Å². The van der Waals surface area contributed by atoms with E-state index in [1.54, 1.807) is 0 Å². The van der Waals surface area contributed by atoms with Crippen molar-refractivity contribution in [2.45, 2.75) is 16.6 Å². The zero-order chi connectivity index (χ0) is 3.58. The average Bonchev–Trinajstić information content (AvgIpc) is 0.811. The van der Waals surface area contributed by atoms with Crippen molar-refractivity contribution in [3.63, 3.8) is 0 Å². The first kappa shape index (κ1) is 5.10. The maximum atomic E-state index is 2.22. The second-order valence-electron chi connectivity index (χ2n) is 1.24. The van der Waals surface area contributed by atoms with E-state index in [1.807, 2.05) is 0 Å². The molecule has 0 atom stereocenters. The van der Waals surface area contributed by atoms with Gasteiger partial charge in [-0.3, -0.25) is 0 Å². The van der Waals surface area contributed by atoms with E-state index in [0.29, 0.717) is 0 Å². The van der Waals surface area contributed by atoms with E-state index < -0.39 is 0 Å². The molecule has 0 nitrogen and oxygen atoms in total. The second kappa shape index (κ2) is 2.35. The van der Waals surface area contributed by atoms with Gasteiger partial charge in [0.1, 0.15) is 0 Å². The summed E-state index contributed by atoms with van der Waals surface area (Å²) in [6, 6.07) is 0. The monoisotopic (exact) mass is 132 g/mol.